The van der Waals surface area contributed by atoms with Gasteiger partial charge in [-0.25, -0.2) is 15.0 Å². The fourth-order valence-corrected chi connectivity index (χ4v) is 2.67. The first-order valence-corrected chi connectivity index (χ1v) is 9.07. The van der Waals surface area contributed by atoms with E-state index in [1.807, 2.05) is 36.4 Å². The molecule has 5 amide bonds. The standard InChI is InChI=1S/C21H21N5O4/c1-30-16-11-9-15(10-12-16)23-20(28)22-13-19(27)25-26-21(29)24-18-8-4-6-14-5-2-3-7-17(14)18/h2-12H,13H2,1H3,(H,25,27)(H2,22,23,28)(H2,24,26,29). The lowest BCUT2D eigenvalue weighted by Crippen LogP contribution is -2.48. The zero-order valence-electron chi connectivity index (χ0n) is 16.2. The molecule has 0 heterocycles. The minimum Gasteiger partial charge on any atom is -0.497 e. The maximum Gasteiger partial charge on any atom is 0.337 e. The summed E-state index contributed by atoms with van der Waals surface area (Å²) in [5, 5.41) is 9.49. The van der Waals surface area contributed by atoms with E-state index in [2.05, 4.69) is 26.8 Å². The lowest BCUT2D eigenvalue weighted by Gasteiger charge is -2.11. The minimum atomic E-state index is -0.609. The fraction of sp³-hybridized carbons (Fsp3) is 0.0952. The molecule has 0 aromatic heterocycles. The summed E-state index contributed by atoms with van der Waals surface area (Å²) < 4.78 is 5.04. The number of fused-ring (bicyclic) bond motifs is 1. The Kier molecular flexibility index (Phi) is 6.67. The summed E-state index contributed by atoms with van der Waals surface area (Å²) in [7, 11) is 1.55. The summed E-state index contributed by atoms with van der Waals surface area (Å²) in [6.07, 6.45) is 0. The topological polar surface area (TPSA) is 121 Å². The summed E-state index contributed by atoms with van der Waals surface area (Å²) in [4.78, 5) is 35.7. The molecule has 0 aliphatic heterocycles. The SMILES string of the molecule is COc1ccc(NC(=O)NCC(=O)NNC(=O)Nc2cccc3ccccc23)cc1. The fourth-order valence-electron chi connectivity index (χ4n) is 2.67. The predicted molar refractivity (Wildman–Crippen MR) is 114 cm³/mol. The number of hydrazine groups is 1. The molecule has 0 atom stereocenters. The van der Waals surface area contributed by atoms with Crippen LogP contribution >= 0.6 is 0 Å². The zero-order chi connectivity index (χ0) is 21.3. The third-order valence-corrected chi connectivity index (χ3v) is 4.11. The van der Waals surface area contributed by atoms with Gasteiger partial charge in [-0.1, -0.05) is 36.4 Å². The van der Waals surface area contributed by atoms with Gasteiger partial charge in [0.15, 0.2) is 0 Å². The van der Waals surface area contributed by atoms with Crippen LogP contribution in [0.15, 0.2) is 66.7 Å². The number of rotatable bonds is 5. The van der Waals surface area contributed by atoms with Crippen LogP contribution in [0.25, 0.3) is 10.8 Å². The second-order valence-corrected chi connectivity index (χ2v) is 6.19. The number of carbonyl (C=O) groups is 3. The average molecular weight is 407 g/mol. The van der Waals surface area contributed by atoms with Crippen LogP contribution in [-0.4, -0.2) is 31.6 Å². The normalized spacial score (nSPS) is 10.0. The number of anilines is 2. The van der Waals surface area contributed by atoms with Crippen LogP contribution in [0.2, 0.25) is 0 Å². The van der Waals surface area contributed by atoms with Crippen LogP contribution < -0.4 is 31.5 Å². The molecule has 5 N–H and O–H groups in total. The Hall–Kier alpha value is -4.27. The number of ether oxygens (including phenoxy) is 1. The summed E-state index contributed by atoms with van der Waals surface area (Å²) in [5.74, 6) is 0.0705. The number of benzene rings is 3. The molecule has 0 unspecified atom stereocenters. The van der Waals surface area contributed by atoms with E-state index in [4.69, 9.17) is 4.74 Å². The molecule has 3 aromatic rings. The molecular weight excluding hydrogens is 386 g/mol. The van der Waals surface area contributed by atoms with Crippen molar-refractivity contribution in [1.29, 1.82) is 0 Å². The molecule has 3 rings (SSSR count). The van der Waals surface area contributed by atoms with E-state index in [0.717, 1.165) is 10.8 Å². The van der Waals surface area contributed by atoms with Crippen LogP contribution in [-0.2, 0) is 4.79 Å². The summed E-state index contributed by atoms with van der Waals surface area (Å²) in [6.45, 7) is -0.323. The van der Waals surface area contributed by atoms with Crippen molar-refractivity contribution in [2.24, 2.45) is 0 Å². The van der Waals surface area contributed by atoms with Gasteiger partial charge in [-0.15, -0.1) is 0 Å². The first-order chi connectivity index (χ1) is 14.5. The maximum atomic E-state index is 12.0. The molecule has 0 radical (unpaired) electrons. The van der Waals surface area contributed by atoms with Crippen molar-refractivity contribution < 1.29 is 19.1 Å². The largest absolute Gasteiger partial charge is 0.497 e. The smallest absolute Gasteiger partial charge is 0.337 e. The van der Waals surface area contributed by atoms with Crippen molar-refractivity contribution in [2.75, 3.05) is 24.3 Å². The van der Waals surface area contributed by atoms with Gasteiger partial charge in [-0.2, -0.15) is 0 Å². The Morgan fingerprint density at radius 2 is 1.53 bits per heavy atom. The molecular formula is C21H21N5O4. The van der Waals surface area contributed by atoms with Crippen molar-refractivity contribution in [3.8, 4) is 5.75 Å². The number of carbonyl (C=O) groups excluding carboxylic acids is 3. The highest BCUT2D eigenvalue weighted by Crippen LogP contribution is 2.22. The maximum absolute atomic E-state index is 12.0. The number of hydrogen-bond donors (Lipinski definition) is 5. The van der Waals surface area contributed by atoms with Crippen LogP contribution in [0.5, 0.6) is 5.75 Å². The summed E-state index contributed by atoms with van der Waals surface area (Å²) in [5.41, 5.74) is 5.62. The van der Waals surface area contributed by atoms with Crippen LogP contribution in [0.3, 0.4) is 0 Å². The summed E-state index contributed by atoms with van der Waals surface area (Å²) in [6, 6.07) is 18.7. The predicted octanol–water partition coefficient (Wildman–Crippen LogP) is 2.82. The Balaban J connectivity index is 1.41. The molecule has 0 spiro atoms. The molecule has 0 aliphatic carbocycles. The lowest BCUT2D eigenvalue weighted by atomic mass is 10.1. The number of urea groups is 2. The van der Waals surface area contributed by atoms with E-state index < -0.39 is 18.0 Å². The van der Waals surface area contributed by atoms with E-state index in [0.29, 0.717) is 17.1 Å². The van der Waals surface area contributed by atoms with E-state index >= 15 is 0 Å². The number of hydrogen-bond acceptors (Lipinski definition) is 4. The van der Waals surface area contributed by atoms with Gasteiger partial charge in [0, 0.05) is 11.1 Å². The Morgan fingerprint density at radius 1 is 0.800 bits per heavy atom. The minimum absolute atomic E-state index is 0.323. The molecule has 0 bridgehead atoms. The molecule has 9 nitrogen and oxygen atoms in total. The first kappa shape index (κ1) is 20.5. The lowest BCUT2D eigenvalue weighted by molar-refractivity contribution is -0.120. The number of methoxy groups -OCH3 is 1. The van der Waals surface area contributed by atoms with Gasteiger partial charge in [0.1, 0.15) is 12.3 Å². The quantitative estimate of drug-likeness (QED) is 0.418. The highest BCUT2D eigenvalue weighted by Gasteiger charge is 2.09. The molecule has 0 fully saturated rings. The van der Waals surface area contributed by atoms with Gasteiger partial charge in [0.2, 0.25) is 0 Å². The molecule has 9 heteroatoms. The highest BCUT2D eigenvalue weighted by molar-refractivity contribution is 6.02. The van der Waals surface area contributed by atoms with Crippen LogP contribution in [0.1, 0.15) is 0 Å². The third-order valence-electron chi connectivity index (χ3n) is 4.11. The van der Waals surface area contributed by atoms with E-state index in [1.165, 1.54) is 0 Å². The second-order valence-electron chi connectivity index (χ2n) is 6.19. The van der Waals surface area contributed by atoms with E-state index in [-0.39, 0.29) is 6.54 Å². The molecule has 0 aliphatic rings. The van der Waals surface area contributed by atoms with Crippen molar-refractivity contribution >= 4 is 40.1 Å². The number of amides is 5. The monoisotopic (exact) mass is 407 g/mol. The van der Waals surface area contributed by atoms with Crippen molar-refractivity contribution in [2.45, 2.75) is 0 Å². The van der Waals surface area contributed by atoms with Gasteiger partial charge in [-0.3, -0.25) is 10.2 Å². The van der Waals surface area contributed by atoms with Crippen molar-refractivity contribution in [1.82, 2.24) is 16.2 Å². The first-order valence-electron chi connectivity index (χ1n) is 9.07. The molecule has 0 saturated carbocycles. The summed E-state index contributed by atoms with van der Waals surface area (Å²) >= 11 is 0. The molecule has 30 heavy (non-hydrogen) atoms. The highest BCUT2D eigenvalue weighted by atomic mass is 16.5. The van der Waals surface area contributed by atoms with Crippen molar-refractivity contribution in [3.05, 3.63) is 66.7 Å². The van der Waals surface area contributed by atoms with Crippen LogP contribution in [0, 0.1) is 0 Å². The van der Waals surface area contributed by atoms with Gasteiger partial charge in [-0.05, 0) is 35.7 Å². The van der Waals surface area contributed by atoms with E-state index in [1.54, 1.807) is 37.4 Å². The molecule has 154 valence electrons. The van der Waals surface area contributed by atoms with Gasteiger partial charge in [0.05, 0.1) is 12.8 Å². The Labute approximate surface area is 172 Å². The van der Waals surface area contributed by atoms with Gasteiger partial charge in [0.25, 0.3) is 5.91 Å². The van der Waals surface area contributed by atoms with Crippen molar-refractivity contribution in [3.63, 3.8) is 0 Å². The average Bonchev–Trinajstić information content (AvgIpc) is 2.77. The molecule has 3 aromatic carbocycles. The van der Waals surface area contributed by atoms with E-state index in [9.17, 15) is 14.4 Å². The number of nitrogens with one attached hydrogen (secondary N) is 5. The Morgan fingerprint density at radius 3 is 2.30 bits per heavy atom. The van der Waals surface area contributed by atoms with Gasteiger partial charge < -0.3 is 20.7 Å². The molecule has 0 saturated heterocycles. The second kappa shape index (κ2) is 9.78. The third kappa shape index (κ3) is 5.61. The van der Waals surface area contributed by atoms with Gasteiger partial charge >= 0.3 is 12.1 Å². The Bertz CT molecular complexity index is 1050. The van der Waals surface area contributed by atoms with Crippen LogP contribution in [0.4, 0.5) is 21.0 Å². The zero-order valence-corrected chi connectivity index (χ0v) is 16.2.